The molecule has 4 heteroatoms. The zero-order chi connectivity index (χ0) is 14.8. The molecular formula is C16H21NO3. The third kappa shape index (κ3) is 3.25. The Labute approximate surface area is 119 Å². The summed E-state index contributed by atoms with van der Waals surface area (Å²) < 4.78 is 10.7. The standard InChI is InChI=1S/C16H21NO3/c1-16(2,3)15-17-14(11-8-6-5-7-9-11)12(20-15)10-13(18)19-4/h5-9,12,15H,10H2,1-4H3/t12-,15-/m0/s1. The Morgan fingerprint density at radius 2 is 1.95 bits per heavy atom. The van der Waals surface area contributed by atoms with Gasteiger partial charge in [-0.2, -0.15) is 0 Å². The van der Waals surface area contributed by atoms with Crippen LogP contribution in [0.1, 0.15) is 32.8 Å². The Bertz CT molecular complexity index is 502. The number of esters is 1. The van der Waals surface area contributed by atoms with E-state index < -0.39 is 0 Å². The third-order valence-corrected chi connectivity index (χ3v) is 3.24. The lowest BCUT2D eigenvalue weighted by atomic mass is 9.95. The quantitative estimate of drug-likeness (QED) is 0.797. The predicted molar refractivity (Wildman–Crippen MR) is 77.7 cm³/mol. The van der Waals surface area contributed by atoms with Crippen LogP contribution in [0.2, 0.25) is 0 Å². The second-order valence-corrected chi connectivity index (χ2v) is 6.00. The van der Waals surface area contributed by atoms with Gasteiger partial charge in [-0.15, -0.1) is 0 Å². The van der Waals surface area contributed by atoms with Crippen molar-refractivity contribution in [3.63, 3.8) is 0 Å². The van der Waals surface area contributed by atoms with Gasteiger partial charge in [0.25, 0.3) is 0 Å². The maximum Gasteiger partial charge on any atom is 0.308 e. The van der Waals surface area contributed by atoms with Crippen molar-refractivity contribution >= 4 is 11.7 Å². The van der Waals surface area contributed by atoms with Gasteiger partial charge in [0.1, 0.15) is 6.10 Å². The van der Waals surface area contributed by atoms with Gasteiger partial charge in [-0.3, -0.25) is 9.79 Å². The molecule has 1 aliphatic rings. The second-order valence-electron chi connectivity index (χ2n) is 6.00. The van der Waals surface area contributed by atoms with Crippen LogP contribution in [0.4, 0.5) is 0 Å². The largest absolute Gasteiger partial charge is 0.469 e. The molecule has 1 aliphatic heterocycles. The number of ether oxygens (including phenoxy) is 2. The summed E-state index contributed by atoms with van der Waals surface area (Å²) >= 11 is 0. The highest BCUT2D eigenvalue weighted by molar-refractivity contribution is 6.06. The average Bonchev–Trinajstić information content (AvgIpc) is 2.83. The van der Waals surface area contributed by atoms with Gasteiger partial charge in [0.05, 0.1) is 19.2 Å². The lowest BCUT2D eigenvalue weighted by molar-refractivity contribution is -0.143. The van der Waals surface area contributed by atoms with Crippen molar-refractivity contribution in [2.24, 2.45) is 10.4 Å². The van der Waals surface area contributed by atoms with Crippen LogP contribution in [0.5, 0.6) is 0 Å². The zero-order valence-corrected chi connectivity index (χ0v) is 12.4. The van der Waals surface area contributed by atoms with E-state index in [4.69, 9.17) is 9.47 Å². The van der Waals surface area contributed by atoms with Gasteiger partial charge in [-0.25, -0.2) is 0 Å². The molecule has 0 aromatic heterocycles. The molecule has 0 saturated carbocycles. The van der Waals surface area contributed by atoms with E-state index >= 15 is 0 Å². The minimum atomic E-state index is -0.339. The molecule has 1 heterocycles. The van der Waals surface area contributed by atoms with Crippen molar-refractivity contribution in [2.75, 3.05) is 7.11 Å². The van der Waals surface area contributed by atoms with Crippen LogP contribution >= 0.6 is 0 Å². The lowest BCUT2D eigenvalue weighted by Crippen LogP contribution is -2.29. The minimum absolute atomic E-state index is 0.106. The highest BCUT2D eigenvalue weighted by Crippen LogP contribution is 2.31. The fourth-order valence-corrected chi connectivity index (χ4v) is 2.11. The molecule has 1 aromatic rings. The van der Waals surface area contributed by atoms with Crippen molar-refractivity contribution in [3.05, 3.63) is 35.9 Å². The van der Waals surface area contributed by atoms with Crippen molar-refractivity contribution in [2.45, 2.75) is 39.5 Å². The van der Waals surface area contributed by atoms with Crippen molar-refractivity contribution in [1.82, 2.24) is 0 Å². The molecule has 0 radical (unpaired) electrons. The molecule has 0 bridgehead atoms. The minimum Gasteiger partial charge on any atom is -0.469 e. The number of carbonyl (C=O) groups excluding carboxylic acids is 1. The van der Waals surface area contributed by atoms with E-state index in [9.17, 15) is 4.79 Å². The summed E-state index contributed by atoms with van der Waals surface area (Å²) in [5.74, 6) is -0.284. The number of hydrogen-bond donors (Lipinski definition) is 0. The van der Waals surface area contributed by atoms with E-state index in [1.54, 1.807) is 0 Å². The van der Waals surface area contributed by atoms with Crippen LogP contribution in [-0.2, 0) is 14.3 Å². The van der Waals surface area contributed by atoms with Crippen molar-refractivity contribution < 1.29 is 14.3 Å². The van der Waals surface area contributed by atoms with Gasteiger partial charge < -0.3 is 9.47 Å². The fraction of sp³-hybridized carbons (Fsp3) is 0.500. The van der Waals surface area contributed by atoms with Gasteiger partial charge in [0.2, 0.25) is 0 Å². The molecule has 2 rings (SSSR count). The summed E-state index contributed by atoms with van der Waals surface area (Å²) in [5.41, 5.74) is 1.72. The summed E-state index contributed by atoms with van der Waals surface area (Å²) in [6.07, 6.45) is -0.391. The van der Waals surface area contributed by atoms with Crippen LogP contribution in [0.25, 0.3) is 0 Å². The van der Waals surface area contributed by atoms with Crippen LogP contribution in [-0.4, -0.2) is 31.1 Å². The predicted octanol–water partition coefficient (Wildman–Crippen LogP) is 2.81. The number of benzene rings is 1. The van der Waals surface area contributed by atoms with E-state index in [-0.39, 0.29) is 30.1 Å². The van der Waals surface area contributed by atoms with Crippen molar-refractivity contribution in [3.8, 4) is 0 Å². The van der Waals surface area contributed by atoms with Crippen LogP contribution < -0.4 is 0 Å². The summed E-state index contributed by atoms with van der Waals surface area (Å²) in [6.45, 7) is 6.22. The summed E-state index contributed by atoms with van der Waals surface area (Å²) in [7, 11) is 1.39. The highest BCUT2D eigenvalue weighted by Gasteiger charge is 2.37. The summed E-state index contributed by atoms with van der Waals surface area (Å²) in [6, 6.07) is 9.83. The topological polar surface area (TPSA) is 47.9 Å². The molecule has 4 nitrogen and oxygen atoms in total. The number of methoxy groups -OCH3 is 1. The summed E-state index contributed by atoms with van der Waals surface area (Å²) in [5, 5.41) is 0. The Kier molecular flexibility index (Phi) is 4.23. The maximum atomic E-state index is 11.5. The summed E-state index contributed by atoms with van der Waals surface area (Å²) in [4.78, 5) is 16.2. The lowest BCUT2D eigenvalue weighted by Gasteiger charge is -2.24. The average molecular weight is 275 g/mol. The molecule has 0 fully saturated rings. The highest BCUT2D eigenvalue weighted by atomic mass is 16.5. The molecule has 2 atom stereocenters. The Morgan fingerprint density at radius 1 is 1.30 bits per heavy atom. The molecule has 1 aromatic carbocycles. The van der Waals surface area contributed by atoms with Crippen LogP contribution in [0.15, 0.2) is 35.3 Å². The zero-order valence-electron chi connectivity index (χ0n) is 12.4. The van der Waals surface area contributed by atoms with E-state index in [0.29, 0.717) is 0 Å². The first-order valence-corrected chi connectivity index (χ1v) is 6.77. The molecule has 0 aliphatic carbocycles. The fourth-order valence-electron chi connectivity index (χ4n) is 2.11. The number of nitrogens with zero attached hydrogens (tertiary/aromatic N) is 1. The number of hydrogen-bond acceptors (Lipinski definition) is 4. The maximum absolute atomic E-state index is 11.5. The van der Waals surface area contributed by atoms with E-state index in [1.165, 1.54) is 7.11 Å². The number of aliphatic imine (C=N–C) groups is 1. The van der Waals surface area contributed by atoms with Gasteiger partial charge >= 0.3 is 5.97 Å². The molecule has 20 heavy (non-hydrogen) atoms. The Hall–Kier alpha value is -1.68. The molecule has 0 N–H and O–H groups in total. The third-order valence-electron chi connectivity index (χ3n) is 3.24. The normalized spacial score (nSPS) is 22.5. The van der Waals surface area contributed by atoms with E-state index in [0.717, 1.165) is 11.3 Å². The molecule has 0 spiro atoms. The molecule has 0 amide bonds. The Balaban J connectivity index is 2.28. The molecule has 108 valence electrons. The van der Waals surface area contributed by atoms with E-state index in [1.807, 2.05) is 30.3 Å². The first-order valence-electron chi connectivity index (χ1n) is 6.77. The van der Waals surface area contributed by atoms with Crippen LogP contribution in [0, 0.1) is 5.41 Å². The number of carbonyl (C=O) groups is 1. The monoisotopic (exact) mass is 275 g/mol. The van der Waals surface area contributed by atoms with Gasteiger partial charge in [-0.05, 0) is 5.56 Å². The molecule has 0 saturated heterocycles. The SMILES string of the molecule is COC(=O)C[C@@H]1O[C@@H](C(C)(C)C)N=C1c1ccccc1. The van der Waals surface area contributed by atoms with Gasteiger partial charge in [0.15, 0.2) is 6.23 Å². The van der Waals surface area contributed by atoms with Crippen LogP contribution in [0.3, 0.4) is 0 Å². The first-order chi connectivity index (χ1) is 9.41. The first kappa shape index (κ1) is 14.7. The van der Waals surface area contributed by atoms with Crippen molar-refractivity contribution in [1.29, 1.82) is 0 Å². The second kappa shape index (κ2) is 5.75. The van der Waals surface area contributed by atoms with Gasteiger partial charge in [0, 0.05) is 5.41 Å². The number of rotatable bonds is 3. The van der Waals surface area contributed by atoms with Gasteiger partial charge in [-0.1, -0.05) is 51.1 Å². The molecule has 0 unspecified atom stereocenters. The van der Waals surface area contributed by atoms with E-state index in [2.05, 4.69) is 25.8 Å². The molecular weight excluding hydrogens is 254 g/mol. The Morgan fingerprint density at radius 3 is 2.50 bits per heavy atom. The smallest absolute Gasteiger partial charge is 0.308 e.